The Kier molecular flexibility index (Phi) is 3.72. The van der Waals surface area contributed by atoms with E-state index in [4.69, 9.17) is 10.5 Å². The lowest BCUT2D eigenvalue weighted by Crippen LogP contribution is -2.23. The number of benzene rings is 1. The van der Waals surface area contributed by atoms with Crippen LogP contribution >= 0.6 is 0 Å². The summed E-state index contributed by atoms with van der Waals surface area (Å²) in [6, 6.07) is 9.31. The first-order valence-electron chi connectivity index (χ1n) is 5.14. The van der Waals surface area contributed by atoms with Crippen LogP contribution in [0.5, 0.6) is 0 Å². The lowest BCUT2D eigenvalue weighted by atomic mass is 10.1. The molecule has 1 rings (SSSR count). The quantitative estimate of drug-likeness (QED) is 0.613. The van der Waals surface area contributed by atoms with Crippen LogP contribution in [0.25, 0.3) is 5.70 Å². The smallest absolute Gasteiger partial charge is 0.333 e. The lowest BCUT2D eigenvalue weighted by Gasteiger charge is -2.18. The highest BCUT2D eigenvalue weighted by atomic mass is 16.6. The largest absolute Gasteiger partial charge is 0.457 e. The molecule has 3 heteroatoms. The fourth-order valence-corrected chi connectivity index (χ4v) is 1.17. The van der Waals surface area contributed by atoms with Gasteiger partial charge in [-0.2, -0.15) is 0 Å². The maximum atomic E-state index is 11.5. The predicted octanol–water partition coefficient (Wildman–Crippen LogP) is 2.33. The standard InChI is InChI=1S/C13H17NO2/c1-13(2,3)16-12(15)9-11(14)10-7-5-4-6-8-10/h4-9H,14H2,1-3H3. The van der Waals surface area contributed by atoms with Gasteiger partial charge in [0.25, 0.3) is 0 Å². The minimum absolute atomic E-state index is 0.412. The van der Waals surface area contributed by atoms with E-state index >= 15 is 0 Å². The van der Waals surface area contributed by atoms with Crippen molar-refractivity contribution in [3.8, 4) is 0 Å². The first-order valence-corrected chi connectivity index (χ1v) is 5.14. The van der Waals surface area contributed by atoms with Gasteiger partial charge in [-0.1, -0.05) is 30.3 Å². The Morgan fingerprint density at radius 2 is 1.81 bits per heavy atom. The Morgan fingerprint density at radius 3 is 2.31 bits per heavy atom. The molecule has 0 amide bonds. The number of ether oxygens (including phenoxy) is 1. The summed E-state index contributed by atoms with van der Waals surface area (Å²) in [7, 11) is 0. The molecule has 0 fully saturated rings. The van der Waals surface area contributed by atoms with Crippen LogP contribution in [0.3, 0.4) is 0 Å². The molecule has 0 aliphatic heterocycles. The summed E-state index contributed by atoms with van der Waals surface area (Å²) < 4.78 is 5.13. The summed E-state index contributed by atoms with van der Waals surface area (Å²) in [4.78, 5) is 11.5. The highest BCUT2D eigenvalue weighted by molar-refractivity contribution is 5.90. The molecule has 0 aliphatic carbocycles. The Morgan fingerprint density at radius 1 is 1.25 bits per heavy atom. The van der Waals surface area contributed by atoms with Crippen molar-refractivity contribution in [2.75, 3.05) is 0 Å². The molecule has 0 aromatic heterocycles. The fourth-order valence-electron chi connectivity index (χ4n) is 1.17. The summed E-state index contributed by atoms with van der Waals surface area (Å²) in [6.07, 6.45) is 1.31. The van der Waals surface area contributed by atoms with Gasteiger partial charge in [0, 0.05) is 11.8 Å². The molecule has 0 saturated carbocycles. The van der Waals surface area contributed by atoms with Crippen molar-refractivity contribution in [3.63, 3.8) is 0 Å². The Labute approximate surface area is 95.9 Å². The second-order valence-electron chi connectivity index (χ2n) is 4.50. The van der Waals surface area contributed by atoms with E-state index < -0.39 is 11.6 Å². The van der Waals surface area contributed by atoms with Gasteiger partial charge < -0.3 is 10.5 Å². The highest BCUT2D eigenvalue weighted by Gasteiger charge is 2.14. The molecule has 0 saturated heterocycles. The molecule has 1 aromatic carbocycles. The van der Waals surface area contributed by atoms with Gasteiger partial charge in [0.05, 0.1) is 0 Å². The first-order chi connectivity index (χ1) is 7.38. The molecular weight excluding hydrogens is 202 g/mol. The molecule has 0 aliphatic rings. The zero-order valence-corrected chi connectivity index (χ0v) is 9.86. The Hall–Kier alpha value is -1.77. The van der Waals surface area contributed by atoms with E-state index in [1.54, 1.807) is 0 Å². The highest BCUT2D eigenvalue weighted by Crippen LogP contribution is 2.11. The molecule has 0 unspecified atom stereocenters. The molecule has 1 aromatic rings. The van der Waals surface area contributed by atoms with Crippen LogP contribution in [0, 0.1) is 0 Å². The summed E-state index contributed by atoms with van der Waals surface area (Å²) in [5.74, 6) is -0.422. The minimum Gasteiger partial charge on any atom is -0.457 e. The number of hydrogen-bond donors (Lipinski definition) is 1. The van der Waals surface area contributed by atoms with Crippen LogP contribution in [0.4, 0.5) is 0 Å². The average Bonchev–Trinajstić information content (AvgIpc) is 2.16. The number of carbonyl (C=O) groups excluding carboxylic acids is 1. The molecule has 2 N–H and O–H groups in total. The normalized spacial score (nSPS) is 12.3. The molecule has 3 nitrogen and oxygen atoms in total. The molecule has 16 heavy (non-hydrogen) atoms. The van der Waals surface area contributed by atoms with Crippen LogP contribution < -0.4 is 5.73 Å². The molecule has 0 spiro atoms. The van der Waals surface area contributed by atoms with E-state index in [1.807, 2.05) is 51.1 Å². The van der Waals surface area contributed by atoms with Crippen LogP contribution in [0.15, 0.2) is 36.4 Å². The summed E-state index contributed by atoms with van der Waals surface area (Å²) >= 11 is 0. The van der Waals surface area contributed by atoms with E-state index in [9.17, 15) is 4.79 Å². The van der Waals surface area contributed by atoms with Gasteiger partial charge in [0.2, 0.25) is 0 Å². The van der Waals surface area contributed by atoms with E-state index in [0.29, 0.717) is 5.70 Å². The summed E-state index contributed by atoms with van der Waals surface area (Å²) in [5, 5.41) is 0. The molecular formula is C13H17NO2. The van der Waals surface area contributed by atoms with Crippen LogP contribution in [0.2, 0.25) is 0 Å². The summed E-state index contributed by atoms with van der Waals surface area (Å²) in [5.41, 5.74) is 6.50. The zero-order chi connectivity index (χ0) is 12.2. The van der Waals surface area contributed by atoms with Crippen molar-refractivity contribution in [2.24, 2.45) is 5.73 Å². The van der Waals surface area contributed by atoms with Gasteiger partial charge >= 0.3 is 5.97 Å². The third-order valence-electron chi connectivity index (χ3n) is 1.79. The monoisotopic (exact) mass is 219 g/mol. The van der Waals surface area contributed by atoms with Crippen molar-refractivity contribution >= 4 is 11.7 Å². The first kappa shape index (κ1) is 12.3. The number of esters is 1. The van der Waals surface area contributed by atoms with Crippen molar-refractivity contribution in [3.05, 3.63) is 42.0 Å². The van der Waals surface area contributed by atoms with E-state index in [0.717, 1.165) is 5.56 Å². The second kappa shape index (κ2) is 4.84. The van der Waals surface area contributed by atoms with Gasteiger partial charge in [-0.3, -0.25) is 0 Å². The maximum absolute atomic E-state index is 11.5. The van der Waals surface area contributed by atoms with Crippen molar-refractivity contribution in [1.82, 2.24) is 0 Å². The van der Waals surface area contributed by atoms with Gasteiger partial charge in [0.15, 0.2) is 0 Å². The number of hydrogen-bond acceptors (Lipinski definition) is 3. The fraction of sp³-hybridized carbons (Fsp3) is 0.308. The molecule has 86 valence electrons. The van der Waals surface area contributed by atoms with Gasteiger partial charge in [-0.25, -0.2) is 4.79 Å². The third kappa shape index (κ3) is 4.17. The summed E-state index contributed by atoms with van der Waals surface area (Å²) in [6.45, 7) is 5.45. The Balaban J connectivity index is 2.75. The van der Waals surface area contributed by atoms with Gasteiger partial charge in [-0.15, -0.1) is 0 Å². The molecule has 0 bridgehead atoms. The molecule has 0 radical (unpaired) electrons. The van der Waals surface area contributed by atoms with E-state index in [1.165, 1.54) is 6.08 Å². The molecule has 0 atom stereocenters. The topological polar surface area (TPSA) is 52.3 Å². The number of nitrogens with two attached hydrogens (primary N) is 1. The van der Waals surface area contributed by atoms with E-state index in [-0.39, 0.29) is 0 Å². The SMILES string of the molecule is CC(C)(C)OC(=O)C=C(N)c1ccccc1. The van der Waals surface area contributed by atoms with Crippen molar-refractivity contribution < 1.29 is 9.53 Å². The number of rotatable bonds is 2. The predicted molar refractivity (Wildman–Crippen MR) is 64.5 cm³/mol. The minimum atomic E-state index is -0.495. The van der Waals surface area contributed by atoms with Crippen LogP contribution in [-0.4, -0.2) is 11.6 Å². The van der Waals surface area contributed by atoms with Gasteiger partial charge in [-0.05, 0) is 26.3 Å². The van der Waals surface area contributed by atoms with Crippen molar-refractivity contribution in [1.29, 1.82) is 0 Å². The maximum Gasteiger partial charge on any atom is 0.333 e. The van der Waals surface area contributed by atoms with Crippen LogP contribution in [-0.2, 0) is 9.53 Å². The van der Waals surface area contributed by atoms with Crippen LogP contribution in [0.1, 0.15) is 26.3 Å². The average molecular weight is 219 g/mol. The van der Waals surface area contributed by atoms with E-state index in [2.05, 4.69) is 0 Å². The lowest BCUT2D eigenvalue weighted by molar-refractivity contribution is -0.148. The Bertz CT molecular complexity index is 388. The number of carbonyl (C=O) groups is 1. The van der Waals surface area contributed by atoms with Gasteiger partial charge in [0.1, 0.15) is 5.60 Å². The van der Waals surface area contributed by atoms with Crippen molar-refractivity contribution in [2.45, 2.75) is 26.4 Å². The zero-order valence-electron chi connectivity index (χ0n) is 9.86. The third-order valence-corrected chi connectivity index (χ3v) is 1.79. The second-order valence-corrected chi connectivity index (χ2v) is 4.50. The molecule has 0 heterocycles.